The number of hydrogen-bond donors (Lipinski definition) is 2. The Morgan fingerprint density at radius 2 is 0.875 bits per heavy atom. The first-order chi connectivity index (χ1) is 31.0. The number of unbranched alkanes of at least 4 members (excludes halogenated alkanes) is 30. The van der Waals surface area contributed by atoms with E-state index in [1.54, 1.807) is 6.08 Å². The number of allylic oxidation sites excluding steroid dienone is 7. The molecule has 3 unspecified atom stereocenters. The molecule has 9 heteroatoms. The Kier molecular flexibility index (Phi) is 45.4. The van der Waals surface area contributed by atoms with E-state index in [4.69, 9.17) is 9.05 Å². The number of likely N-dealkylation sites (N-methyl/N-ethyl adjacent to an activating group) is 1. The van der Waals surface area contributed by atoms with Crippen molar-refractivity contribution in [2.24, 2.45) is 0 Å². The molecule has 0 aliphatic rings. The van der Waals surface area contributed by atoms with Crippen LogP contribution in [0.15, 0.2) is 48.6 Å². The minimum atomic E-state index is -4.60. The van der Waals surface area contributed by atoms with Crippen molar-refractivity contribution in [2.45, 2.75) is 257 Å². The molecule has 376 valence electrons. The molecule has 8 nitrogen and oxygen atoms in total. The van der Waals surface area contributed by atoms with Crippen LogP contribution in [-0.4, -0.2) is 68.5 Å². The standard InChI is InChI=1S/C55H105N2O6P/c1-6-8-10-12-14-16-18-20-22-23-24-25-26-27-28-29-30-31-32-33-35-37-39-41-43-45-47-49-55(59)56-53(52-63-64(60,61)62-51-50-57(3,4)5)54(58)48-46-44-42-40-38-36-34-21-19-17-15-13-11-9-7-2/h19,21,23-24,38,40,46,48,53-54,58H,6-18,20,22,25-37,39,41-45,47,49-52H2,1-5H3,(H-,56,59,60,61)/b21-19+,24-23-,40-38+,48-46+. The molecule has 0 aromatic rings. The third kappa shape index (κ3) is 48.4. The number of nitrogens with one attached hydrogen (secondary N) is 1. The molecule has 0 spiro atoms. The molecule has 0 aliphatic carbocycles. The summed E-state index contributed by atoms with van der Waals surface area (Å²) < 4.78 is 23.3. The Morgan fingerprint density at radius 1 is 0.531 bits per heavy atom. The lowest BCUT2D eigenvalue weighted by atomic mass is 10.0. The van der Waals surface area contributed by atoms with Gasteiger partial charge < -0.3 is 28.8 Å². The molecule has 0 saturated heterocycles. The zero-order valence-electron chi connectivity index (χ0n) is 42.7. The molecule has 3 atom stereocenters. The van der Waals surface area contributed by atoms with Crippen molar-refractivity contribution >= 4 is 13.7 Å². The molecule has 2 N–H and O–H groups in total. The Labute approximate surface area is 397 Å². The summed E-state index contributed by atoms with van der Waals surface area (Å²) >= 11 is 0. The molecule has 0 bridgehead atoms. The number of phosphoric ester groups is 1. The maximum Gasteiger partial charge on any atom is 0.268 e. The number of aliphatic hydroxyl groups excluding tert-OH is 1. The van der Waals surface area contributed by atoms with Gasteiger partial charge in [-0.3, -0.25) is 9.36 Å². The van der Waals surface area contributed by atoms with Gasteiger partial charge in [-0.25, -0.2) is 0 Å². The molecule has 1 amide bonds. The van der Waals surface area contributed by atoms with E-state index >= 15 is 0 Å². The normalized spacial score (nSPS) is 14.4. The van der Waals surface area contributed by atoms with Crippen LogP contribution in [-0.2, 0) is 18.4 Å². The lowest BCUT2D eigenvalue weighted by molar-refractivity contribution is -0.870. The maximum atomic E-state index is 12.9. The molecule has 0 radical (unpaired) electrons. The number of rotatable bonds is 49. The highest BCUT2D eigenvalue weighted by Crippen LogP contribution is 2.38. The zero-order chi connectivity index (χ0) is 47.1. The average molecular weight is 921 g/mol. The van der Waals surface area contributed by atoms with E-state index in [1.165, 1.54) is 180 Å². The predicted molar refractivity (Wildman–Crippen MR) is 274 cm³/mol. The summed E-state index contributed by atoms with van der Waals surface area (Å²) in [6.45, 7) is 4.61. The third-order valence-corrected chi connectivity index (χ3v) is 13.0. The molecule has 0 rings (SSSR count). The number of carbonyl (C=O) groups excluding carboxylic acids is 1. The SMILES string of the molecule is CCCCCCC/C=C/CC/C=C/CC/C=C/C(O)C(COP(=O)([O-])OCC[N+](C)(C)C)NC(=O)CCCCCCCCCCCCCCCCC/C=C\CCCCCCCCCC. The van der Waals surface area contributed by atoms with Gasteiger partial charge in [0, 0.05) is 6.42 Å². The Balaban J connectivity index is 4.20. The molecule has 0 heterocycles. The van der Waals surface area contributed by atoms with Gasteiger partial charge in [0.25, 0.3) is 7.82 Å². The van der Waals surface area contributed by atoms with E-state index in [1.807, 2.05) is 27.2 Å². The summed E-state index contributed by atoms with van der Waals surface area (Å²) in [5.74, 6) is -0.210. The zero-order valence-corrected chi connectivity index (χ0v) is 43.6. The van der Waals surface area contributed by atoms with Crippen molar-refractivity contribution in [2.75, 3.05) is 40.9 Å². The van der Waals surface area contributed by atoms with Crippen LogP contribution in [0.5, 0.6) is 0 Å². The highest BCUT2D eigenvalue weighted by molar-refractivity contribution is 7.45. The predicted octanol–water partition coefficient (Wildman–Crippen LogP) is 15.3. The fourth-order valence-corrected chi connectivity index (χ4v) is 8.43. The minimum absolute atomic E-state index is 0.00904. The van der Waals surface area contributed by atoms with Crippen molar-refractivity contribution in [3.63, 3.8) is 0 Å². The van der Waals surface area contributed by atoms with E-state index in [9.17, 15) is 19.4 Å². The number of hydrogen-bond acceptors (Lipinski definition) is 6. The highest BCUT2D eigenvalue weighted by atomic mass is 31.2. The first kappa shape index (κ1) is 62.5. The van der Waals surface area contributed by atoms with Crippen LogP contribution >= 0.6 is 7.82 Å². The van der Waals surface area contributed by atoms with Gasteiger partial charge in [0.1, 0.15) is 13.2 Å². The van der Waals surface area contributed by atoms with Crippen LogP contribution in [0.1, 0.15) is 245 Å². The summed E-state index contributed by atoms with van der Waals surface area (Å²) in [5, 5.41) is 13.8. The van der Waals surface area contributed by atoms with Gasteiger partial charge >= 0.3 is 0 Å². The first-order valence-corrected chi connectivity index (χ1v) is 28.5. The molecule has 0 aliphatic heterocycles. The number of nitrogens with zero attached hydrogens (tertiary/aromatic N) is 1. The van der Waals surface area contributed by atoms with Crippen LogP contribution in [0.2, 0.25) is 0 Å². The van der Waals surface area contributed by atoms with Crippen molar-refractivity contribution in [3.05, 3.63) is 48.6 Å². The van der Waals surface area contributed by atoms with Crippen molar-refractivity contribution in [3.8, 4) is 0 Å². The molecule has 0 aromatic carbocycles. The van der Waals surface area contributed by atoms with Gasteiger partial charge in [-0.05, 0) is 70.6 Å². The molecule has 0 fully saturated rings. The summed E-state index contributed by atoms with van der Waals surface area (Å²) in [7, 11) is 1.24. The van der Waals surface area contributed by atoms with Crippen LogP contribution in [0, 0.1) is 0 Å². The van der Waals surface area contributed by atoms with E-state index in [2.05, 4.69) is 55.6 Å². The first-order valence-electron chi connectivity index (χ1n) is 27.0. The van der Waals surface area contributed by atoms with Crippen molar-refractivity contribution in [1.82, 2.24) is 5.32 Å². The second-order valence-corrected chi connectivity index (χ2v) is 21.0. The number of quaternary nitrogens is 1. The third-order valence-electron chi connectivity index (χ3n) is 12.0. The summed E-state index contributed by atoms with van der Waals surface area (Å²) in [6.07, 6.45) is 60.4. The van der Waals surface area contributed by atoms with Crippen LogP contribution < -0.4 is 10.2 Å². The van der Waals surface area contributed by atoms with Gasteiger partial charge in [-0.1, -0.05) is 217 Å². The lowest BCUT2D eigenvalue weighted by Crippen LogP contribution is -2.45. The quantitative estimate of drug-likeness (QED) is 0.0272. The fourth-order valence-electron chi connectivity index (χ4n) is 7.71. The molecule has 64 heavy (non-hydrogen) atoms. The van der Waals surface area contributed by atoms with Crippen LogP contribution in [0.4, 0.5) is 0 Å². The van der Waals surface area contributed by atoms with Crippen molar-refractivity contribution in [1.29, 1.82) is 0 Å². The van der Waals surface area contributed by atoms with Gasteiger partial charge in [-0.2, -0.15) is 0 Å². The van der Waals surface area contributed by atoms with E-state index in [0.29, 0.717) is 17.4 Å². The molecular formula is C55H105N2O6P. The molecule has 0 saturated carbocycles. The van der Waals surface area contributed by atoms with E-state index in [-0.39, 0.29) is 12.5 Å². The summed E-state index contributed by atoms with van der Waals surface area (Å²) in [4.78, 5) is 25.4. The second kappa shape index (κ2) is 46.6. The van der Waals surface area contributed by atoms with Crippen LogP contribution in [0.25, 0.3) is 0 Å². The van der Waals surface area contributed by atoms with Gasteiger partial charge in [0.2, 0.25) is 5.91 Å². The summed E-state index contributed by atoms with van der Waals surface area (Å²) in [5.41, 5.74) is 0. The van der Waals surface area contributed by atoms with E-state index in [0.717, 1.165) is 44.9 Å². The smallest absolute Gasteiger partial charge is 0.268 e. The number of phosphoric acid groups is 1. The molecular weight excluding hydrogens is 816 g/mol. The number of amides is 1. The number of carbonyl (C=O) groups is 1. The van der Waals surface area contributed by atoms with E-state index < -0.39 is 26.6 Å². The highest BCUT2D eigenvalue weighted by Gasteiger charge is 2.23. The molecule has 0 aromatic heterocycles. The average Bonchev–Trinajstić information content (AvgIpc) is 3.25. The lowest BCUT2D eigenvalue weighted by Gasteiger charge is -2.29. The Morgan fingerprint density at radius 3 is 1.27 bits per heavy atom. The van der Waals surface area contributed by atoms with Gasteiger partial charge in [0.15, 0.2) is 0 Å². The fraction of sp³-hybridized carbons (Fsp3) is 0.836. The maximum absolute atomic E-state index is 12.9. The van der Waals surface area contributed by atoms with Crippen molar-refractivity contribution < 1.29 is 32.9 Å². The van der Waals surface area contributed by atoms with Gasteiger partial charge in [0.05, 0.1) is 39.9 Å². The summed E-state index contributed by atoms with van der Waals surface area (Å²) in [6, 6.07) is -0.909. The van der Waals surface area contributed by atoms with Crippen LogP contribution in [0.3, 0.4) is 0 Å². The Hall–Kier alpha value is -1.54. The second-order valence-electron chi connectivity index (χ2n) is 19.6. The monoisotopic (exact) mass is 921 g/mol. The topological polar surface area (TPSA) is 108 Å². The Bertz CT molecular complexity index is 1180. The number of aliphatic hydroxyl groups is 1. The van der Waals surface area contributed by atoms with Gasteiger partial charge in [-0.15, -0.1) is 0 Å². The minimum Gasteiger partial charge on any atom is -0.756 e. The largest absolute Gasteiger partial charge is 0.756 e.